The number of halogens is 4. The highest BCUT2D eigenvalue weighted by Gasteiger charge is 2.30. The molecule has 4 aromatic rings. The highest BCUT2D eigenvalue weighted by atomic mass is 19.4. The monoisotopic (exact) mass is 455 g/mol. The number of aryl methyl sites for hydroxylation is 1. The standard InChI is InChI=1S/C25H17F4NO3/c1-15-22(30-24(33-15)17-5-9-19(10-6-17)25(27,28)29)14-32-21-4-2-3-18(13-21)23(31)16-7-11-20(26)12-8-16/h2-13H,14H2,1H3. The normalized spacial score (nSPS) is 11.4. The van der Waals surface area contributed by atoms with Gasteiger partial charge in [0, 0.05) is 16.7 Å². The lowest BCUT2D eigenvalue weighted by Gasteiger charge is -2.07. The Morgan fingerprint density at radius 1 is 0.970 bits per heavy atom. The van der Waals surface area contributed by atoms with E-state index >= 15 is 0 Å². The van der Waals surface area contributed by atoms with Crippen LogP contribution in [0, 0.1) is 12.7 Å². The van der Waals surface area contributed by atoms with Crippen molar-refractivity contribution in [3.05, 3.63) is 107 Å². The van der Waals surface area contributed by atoms with Crippen LogP contribution in [0.2, 0.25) is 0 Å². The second kappa shape index (κ2) is 8.90. The predicted molar refractivity (Wildman–Crippen MR) is 112 cm³/mol. The van der Waals surface area contributed by atoms with Crippen molar-refractivity contribution in [2.24, 2.45) is 0 Å². The number of rotatable bonds is 6. The molecule has 0 aliphatic heterocycles. The van der Waals surface area contributed by atoms with E-state index in [0.717, 1.165) is 12.1 Å². The molecule has 0 amide bonds. The van der Waals surface area contributed by atoms with E-state index < -0.39 is 17.6 Å². The molecule has 1 aromatic heterocycles. The maximum Gasteiger partial charge on any atom is 0.416 e. The number of nitrogens with zero attached hydrogens (tertiary/aromatic N) is 1. The van der Waals surface area contributed by atoms with Crippen LogP contribution in [0.5, 0.6) is 5.75 Å². The van der Waals surface area contributed by atoms with Crippen LogP contribution in [0.1, 0.15) is 32.9 Å². The highest BCUT2D eigenvalue weighted by molar-refractivity contribution is 6.09. The second-order valence-corrected chi connectivity index (χ2v) is 7.25. The summed E-state index contributed by atoms with van der Waals surface area (Å²) < 4.78 is 62.7. The highest BCUT2D eigenvalue weighted by Crippen LogP contribution is 2.31. The molecule has 0 aliphatic carbocycles. The zero-order chi connectivity index (χ0) is 23.6. The SMILES string of the molecule is Cc1oc(-c2ccc(C(F)(F)F)cc2)nc1COc1cccc(C(=O)c2ccc(F)cc2)c1. The van der Waals surface area contributed by atoms with Gasteiger partial charge in [-0.2, -0.15) is 13.2 Å². The summed E-state index contributed by atoms with van der Waals surface area (Å²) in [5.41, 5.74) is 0.848. The largest absolute Gasteiger partial charge is 0.487 e. The summed E-state index contributed by atoms with van der Waals surface area (Å²) in [5, 5.41) is 0. The van der Waals surface area contributed by atoms with Gasteiger partial charge in [-0.25, -0.2) is 9.37 Å². The fraction of sp³-hybridized carbons (Fsp3) is 0.120. The minimum absolute atomic E-state index is 0.0319. The van der Waals surface area contributed by atoms with Gasteiger partial charge in [0.15, 0.2) is 5.78 Å². The van der Waals surface area contributed by atoms with Gasteiger partial charge < -0.3 is 9.15 Å². The van der Waals surface area contributed by atoms with Crippen molar-refractivity contribution in [1.29, 1.82) is 0 Å². The Morgan fingerprint density at radius 3 is 2.33 bits per heavy atom. The van der Waals surface area contributed by atoms with Crippen LogP contribution < -0.4 is 4.74 Å². The van der Waals surface area contributed by atoms with Crippen LogP contribution in [-0.4, -0.2) is 10.8 Å². The predicted octanol–water partition coefficient (Wildman–Crippen LogP) is 6.62. The van der Waals surface area contributed by atoms with E-state index in [2.05, 4.69) is 4.98 Å². The smallest absolute Gasteiger partial charge is 0.416 e. The van der Waals surface area contributed by atoms with Crippen LogP contribution in [-0.2, 0) is 12.8 Å². The Morgan fingerprint density at radius 2 is 1.67 bits per heavy atom. The number of carbonyl (C=O) groups excluding carboxylic acids is 1. The summed E-state index contributed by atoms with van der Waals surface area (Å²) in [7, 11) is 0. The summed E-state index contributed by atoms with van der Waals surface area (Å²) in [4.78, 5) is 16.9. The molecule has 0 saturated heterocycles. The van der Waals surface area contributed by atoms with Crippen LogP contribution in [0.4, 0.5) is 17.6 Å². The fourth-order valence-corrected chi connectivity index (χ4v) is 3.13. The summed E-state index contributed by atoms with van der Waals surface area (Å²) in [6, 6.07) is 16.3. The van der Waals surface area contributed by atoms with E-state index in [1.165, 1.54) is 36.4 Å². The van der Waals surface area contributed by atoms with Crippen LogP contribution >= 0.6 is 0 Å². The fourth-order valence-electron chi connectivity index (χ4n) is 3.13. The maximum absolute atomic E-state index is 13.1. The Balaban J connectivity index is 1.47. The molecule has 1 heterocycles. The molecule has 8 heteroatoms. The third-order valence-corrected chi connectivity index (χ3v) is 4.93. The van der Waals surface area contributed by atoms with Gasteiger partial charge in [0.05, 0.1) is 5.56 Å². The van der Waals surface area contributed by atoms with Crippen molar-refractivity contribution >= 4 is 5.78 Å². The minimum atomic E-state index is -4.42. The van der Waals surface area contributed by atoms with Gasteiger partial charge in [-0.15, -0.1) is 0 Å². The zero-order valence-electron chi connectivity index (χ0n) is 17.3. The molecule has 0 unspecified atom stereocenters. The van der Waals surface area contributed by atoms with Crippen molar-refractivity contribution in [1.82, 2.24) is 4.98 Å². The van der Waals surface area contributed by atoms with Crippen LogP contribution in [0.25, 0.3) is 11.5 Å². The summed E-state index contributed by atoms with van der Waals surface area (Å²) in [6.45, 7) is 1.71. The molecule has 33 heavy (non-hydrogen) atoms. The Bertz CT molecular complexity index is 1280. The molecule has 0 radical (unpaired) electrons. The van der Waals surface area contributed by atoms with Crippen molar-refractivity contribution in [3.63, 3.8) is 0 Å². The number of hydrogen-bond donors (Lipinski definition) is 0. The third kappa shape index (κ3) is 5.11. The van der Waals surface area contributed by atoms with Gasteiger partial charge in [0.25, 0.3) is 0 Å². The molecule has 0 atom stereocenters. The minimum Gasteiger partial charge on any atom is -0.487 e. The molecule has 4 rings (SSSR count). The molecular formula is C25H17F4NO3. The van der Waals surface area contributed by atoms with Gasteiger partial charge in [-0.3, -0.25) is 4.79 Å². The van der Waals surface area contributed by atoms with Gasteiger partial charge in [0.2, 0.25) is 5.89 Å². The first kappa shape index (κ1) is 22.3. The topological polar surface area (TPSA) is 52.3 Å². The Labute approximate surface area is 186 Å². The number of oxazole rings is 1. The number of aromatic nitrogens is 1. The van der Waals surface area contributed by atoms with E-state index in [9.17, 15) is 22.4 Å². The number of alkyl halides is 3. The summed E-state index contributed by atoms with van der Waals surface area (Å²) in [5.74, 6) is 0.356. The second-order valence-electron chi connectivity index (χ2n) is 7.25. The number of ketones is 1. The quantitative estimate of drug-likeness (QED) is 0.242. The van der Waals surface area contributed by atoms with Crippen LogP contribution in [0.3, 0.4) is 0 Å². The van der Waals surface area contributed by atoms with Crippen molar-refractivity contribution in [2.75, 3.05) is 0 Å². The molecular weight excluding hydrogens is 438 g/mol. The molecule has 0 aliphatic rings. The number of carbonyl (C=O) groups is 1. The first-order valence-electron chi connectivity index (χ1n) is 9.88. The average molecular weight is 455 g/mol. The first-order valence-corrected chi connectivity index (χ1v) is 9.88. The molecule has 0 spiro atoms. The molecule has 0 saturated carbocycles. The van der Waals surface area contributed by atoms with Crippen molar-refractivity contribution < 1.29 is 31.5 Å². The lowest BCUT2D eigenvalue weighted by Crippen LogP contribution is -2.04. The molecule has 0 N–H and O–H groups in total. The summed E-state index contributed by atoms with van der Waals surface area (Å²) >= 11 is 0. The molecule has 0 bridgehead atoms. The molecule has 4 nitrogen and oxygen atoms in total. The van der Waals surface area contributed by atoms with E-state index in [4.69, 9.17) is 9.15 Å². The van der Waals surface area contributed by atoms with E-state index in [1.54, 1.807) is 31.2 Å². The van der Waals surface area contributed by atoms with Crippen molar-refractivity contribution in [3.8, 4) is 17.2 Å². The Hall–Kier alpha value is -3.94. The molecule has 0 fully saturated rings. The molecule has 168 valence electrons. The van der Waals surface area contributed by atoms with E-state index in [0.29, 0.717) is 33.9 Å². The van der Waals surface area contributed by atoms with Crippen molar-refractivity contribution in [2.45, 2.75) is 19.7 Å². The van der Waals surface area contributed by atoms with Gasteiger partial charge in [-0.05, 0) is 67.6 Å². The lowest BCUT2D eigenvalue weighted by molar-refractivity contribution is -0.137. The maximum atomic E-state index is 13.1. The van der Waals surface area contributed by atoms with E-state index in [1.807, 2.05) is 0 Å². The third-order valence-electron chi connectivity index (χ3n) is 4.93. The first-order chi connectivity index (χ1) is 15.7. The number of benzene rings is 3. The summed E-state index contributed by atoms with van der Waals surface area (Å²) in [6.07, 6.45) is -4.42. The lowest BCUT2D eigenvalue weighted by atomic mass is 10.0. The number of ether oxygens (including phenoxy) is 1. The van der Waals surface area contributed by atoms with Gasteiger partial charge in [-0.1, -0.05) is 12.1 Å². The van der Waals surface area contributed by atoms with Gasteiger partial charge in [0.1, 0.15) is 29.6 Å². The van der Waals surface area contributed by atoms with E-state index in [-0.39, 0.29) is 18.3 Å². The Kier molecular flexibility index (Phi) is 6.00. The van der Waals surface area contributed by atoms with Gasteiger partial charge >= 0.3 is 6.18 Å². The zero-order valence-corrected chi connectivity index (χ0v) is 17.3. The molecule has 3 aromatic carbocycles. The average Bonchev–Trinajstić information content (AvgIpc) is 3.18. The van der Waals surface area contributed by atoms with Crippen LogP contribution in [0.15, 0.2) is 77.2 Å². The number of hydrogen-bond acceptors (Lipinski definition) is 4.